The molecule has 0 heterocycles. The highest BCUT2D eigenvalue weighted by Crippen LogP contribution is 2.48. The van der Waals surface area contributed by atoms with Crippen LogP contribution < -0.4 is 11.5 Å². The van der Waals surface area contributed by atoms with Crippen molar-refractivity contribution in [3.05, 3.63) is 94.0 Å². The summed E-state index contributed by atoms with van der Waals surface area (Å²) in [6.45, 7) is 8.67. The number of anilines is 2. The van der Waals surface area contributed by atoms with Gasteiger partial charge in [-0.15, -0.1) is 0 Å². The minimum atomic E-state index is 0.814. The highest BCUT2D eigenvalue weighted by atomic mass is 14.5. The molecule has 4 aromatic rings. The predicted molar refractivity (Wildman–Crippen MR) is 133 cm³/mol. The molecular weight excluding hydrogens is 376 g/mol. The van der Waals surface area contributed by atoms with Crippen LogP contribution in [0.4, 0.5) is 11.4 Å². The molecule has 1 aliphatic rings. The fourth-order valence-electron chi connectivity index (χ4n) is 5.52. The largest absolute Gasteiger partial charge is 0.399 e. The standard InChI is InChI=1S/C29H28N2/c1-16-11-21(30)12-17(2)27(16)25-10-9-24-23-8-6-5-7-20(23)15-26(24)29(25)28-18(3)13-22(31)14-19(28)4/h5-14H,15,30-31H2,1-4H3. The molecule has 0 atom stereocenters. The minimum absolute atomic E-state index is 0.814. The Labute approximate surface area is 184 Å². The first-order valence-corrected chi connectivity index (χ1v) is 10.8. The number of hydrogen-bond donors (Lipinski definition) is 2. The molecule has 0 saturated heterocycles. The first-order valence-electron chi connectivity index (χ1n) is 10.8. The zero-order valence-corrected chi connectivity index (χ0v) is 18.6. The monoisotopic (exact) mass is 404 g/mol. The molecule has 0 unspecified atom stereocenters. The second kappa shape index (κ2) is 7.02. The van der Waals surface area contributed by atoms with Crippen LogP contribution in [0.2, 0.25) is 0 Å². The first kappa shape index (κ1) is 19.4. The molecule has 31 heavy (non-hydrogen) atoms. The normalized spacial score (nSPS) is 12.0. The second-order valence-corrected chi connectivity index (χ2v) is 8.91. The van der Waals surface area contributed by atoms with Crippen LogP contribution in [0.15, 0.2) is 60.7 Å². The Balaban J connectivity index is 1.90. The molecule has 0 aliphatic heterocycles. The molecule has 0 aromatic heterocycles. The highest BCUT2D eigenvalue weighted by Gasteiger charge is 2.26. The number of fused-ring (bicyclic) bond motifs is 3. The van der Waals surface area contributed by atoms with Crippen molar-refractivity contribution in [3.63, 3.8) is 0 Å². The molecule has 4 aromatic carbocycles. The van der Waals surface area contributed by atoms with Crippen LogP contribution in [0, 0.1) is 27.7 Å². The molecule has 0 bridgehead atoms. The van der Waals surface area contributed by atoms with E-state index in [1.807, 2.05) is 0 Å². The van der Waals surface area contributed by atoms with Crippen LogP contribution in [-0.2, 0) is 6.42 Å². The van der Waals surface area contributed by atoms with Gasteiger partial charge in [0.25, 0.3) is 0 Å². The number of aryl methyl sites for hydroxylation is 4. The van der Waals surface area contributed by atoms with E-state index in [4.69, 9.17) is 11.5 Å². The molecule has 2 heteroatoms. The Morgan fingerprint density at radius 1 is 0.548 bits per heavy atom. The fraction of sp³-hybridized carbons (Fsp3) is 0.172. The lowest BCUT2D eigenvalue weighted by Gasteiger charge is -2.22. The van der Waals surface area contributed by atoms with Crippen LogP contribution in [-0.4, -0.2) is 0 Å². The maximum Gasteiger partial charge on any atom is 0.0319 e. The lowest BCUT2D eigenvalue weighted by Crippen LogP contribution is -2.01. The summed E-state index contributed by atoms with van der Waals surface area (Å²) in [5, 5.41) is 0. The topological polar surface area (TPSA) is 52.0 Å². The zero-order chi connectivity index (χ0) is 21.9. The Hall–Kier alpha value is -3.52. The van der Waals surface area contributed by atoms with Crippen LogP contribution in [0.3, 0.4) is 0 Å². The zero-order valence-electron chi connectivity index (χ0n) is 18.6. The number of rotatable bonds is 2. The summed E-state index contributed by atoms with van der Waals surface area (Å²) in [6.07, 6.45) is 0.949. The van der Waals surface area contributed by atoms with Gasteiger partial charge in [-0.3, -0.25) is 0 Å². The fourth-order valence-corrected chi connectivity index (χ4v) is 5.52. The quantitative estimate of drug-likeness (QED) is 0.312. The average Bonchev–Trinajstić information content (AvgIpc) is 3.06. The van der Waals surface area contributed by atoms with Gasteiger partial charge in [0.2, 0.25) is 0 Å². The van der Waals surface area contributed by atoms with Crippen LogP contribution >= 0.6 is 0 Å². The Morgan fingerprint density at radius 2 is 1.06 bits per heavy atom. The molecule has 0 spiro atoms. The van der Waals surface area contributed by atoms with Gasteiger partial charge < -0.3 is 11.5 Å². The van der Waals surface area contributed by atoms with Crippen molar-refractivity contribution < 1.29 is 0 Å². The summed E-state index contributed by atoms with van der Waals surface area (Å²) < 4.78 is 0. The molecule has 0 fully saturated rings. The molecule has 0 saturated carbocycles. The maximum atomic E-state index is 6.19. The average molecular weight is 405 g/mol. The van der Waals surface area contributed by atoms with Gasteiger partial charge in [-0.2, -0.15) is 0 Å². The molecule has 4 N–H and O–H groups in total. The van der Waals surface area contributed by atoms with Gasteiger partial charge in [0.15, 0.2) is 0 Å². The van der Waals surface area contributed by atoms with Gasteiger partial charge in [-0.1, -0.05) is 36.4 Å². The molecule has 0 radical (unpaired) electrons. The SMILES string of the molecule is Cc1cc(N)cc(C)c1-c1ccc2c(c1-c1c(C)cc(N)cc1C)Cc1ccccc1-2. The van der Waals surface area contributed by atoms with E-state index in [1.54, 1.807) is 0 Å². The van der Waals surface area contributed by atoms with E-state index < -0.39 is 0 Å². The maximum absolute atomic E-state index is 6.19. The van der Waals surface area contributed by atoms with Crippen LogP contribution in [0.1, 0.15) is 33.4 Å². The van der Waals surface area contributed by atoms with Gasteiger partial charge in [0.05, 0.1) is 0 Å². The number of nitrogen functional groups attached to an aromatic ring is 2. The Morgan fingerprint density at radius 3 is 1.68 bits per heavy atom. The van der Waals surface area contributed by atoms with E-state index in [-0.39, 0.29) is 0 Å². The van der Waals surface area contributed by atoms with Gasteiger partial charge in [-0.05, 0) is 125 Å². The number of hydrogen-bond acceptors (Lipinski definition) is 2. The van der Waals surface area contributed by atoms with E-state index in [0.29, 0.717) is 0 Å². The van der Waals surface area contributed by atoms with Crippen molar-refractivity contribution in [1.29, 1.82) is 0 Å². The third-order valence-corrected chi connectivity index (χ3v) is 6.62. The molecule has 154 valence electrons. The molecule has 0 amide bonds. The number of benzene rings is 4. The molecule has 2 nitrogen and oxygen atoms in total. The molecule has 5 rings (SSSR count). The van der Waals surface area contributed by atoms with Gasteiger partial charge >= 0.3 is 0 Å². The van der Waals surface area contributed by atoms with Gasteiger partial charge in [0, 0.05) is 11.4 Å². The Kier molecular flexibility index (Phi) is 4.40. The minimum Gasteiger partial charge on any atom is -0.399 e. The van der Waals surface area contributed by atoms with Crippen LogP contribution in [0.25, 0.3) is 33.4 Å². The Bertz CT molecular complexity index is 1320. The van der Waals surface area contributed by atoms with Crippen molar-refractivity contribution >= 4 is 11.4 Å². The number of nitrogens with two attached hydrogens (primary N) is 2. The summed E-state index contributed by atoms with van der Waals surface area (Å²) in [5.74, 6) is 0. The molecular formula is C29H28N2. The highest BCUT2D eigenvalue weighted by molar-refractivity contribution is 5.97. The lowest BCUT2D eigenvalue weighted by atomic mass is 9.82. The van der Waals surface area contributed by atoms with E-state index in [0.717, 1.165) is 17.8 Å². The van der Waals surface area contributed by atoms with Crippen molar-refractivity contribution in [2.75, 3.05) is 11.5 Å². The van der Waals surface area contributed by atoms with E-state index in [2.05, 4.69) is 88.4 Å². The third kappa shape index (κ3) is 3.02. The van der Waals surface area contributed by atoms with Crippen molar-refractivity contribution in [1.82, 2.24) is 0 Å². The van der Waals surface area contributed by atoms with Crippen molar-refractivity contribution in [2.24, 2.45) is 0 Å². The second-order valence-electron chi connectivity index (χ2n) is 8.91. The predicted octanol–water partition coefficient (Wildman–Crippen LogP) is 6.99. The van der Waals surface area contributed by atoms with Gasteiger partial charge in [0.1, 0.15) is 0 Å². The summed E-state index contributed by atoms with van der Waals surface area (Å²) >= 11 is 0. The summed E-state index contributed by atoms with van der Waals surface area (Å²) in [5.41, 5.74) is 29.5. The van der Waals surface area contributed by atoms with E-state index in [9.17, 15) is 0 Å². The van der Waals surface area contributed by atoms with Crippen molar-refractivity contribution in [3.8, 4) is 33.4 Å². The smallest absolute Gasteiger partial charge is 0.0319 e. The lowest BCUT2D eigenvalue weighted by molar-refractivity contribution is 1.25. The van der Waals surface area contributed by atoms with E-state index in [1.165, 1.54) is 66.8 Å². The first-order chi connectivity index (χ1) is 14.8. The summed E-state index contributed by atoms with van der Waals surface area (Å²) in [6, 6.07) is 21.7. The van der Waals surface area contributed by atoms with Crippen molar-refractivity contribution in [2.45, 2.75) is 34.1 Å². The van der Waals surface area contributed by atoms with E-state index >= 15 is 0 Å². The summed E-state index contributed by atoms with van der Waals surface area (Å²) in [4.78, 5) is 0. The van der Waals surface area contributed by atoms with Crippen LogP contribution in [0.5, 0.6) is 0 Å². The van der Waals surface area contributed by atoms with Gasteiger partial charge in [-0.25, -0.2) is 0 Å². The summed E-state index contributed by atoms with van der Waals surface area (Å²) in [7, 11) is 0. The molecule has 1 aliphatic carbocycles. The third-order valence-electron chi connectivity index (χ3n) is 6.62.